The summed E-state index contributed by atoms with van der Waals surface area (Å²) in [7, 11) is 0. The van der Waals surface area contributed by atoms with Gasteiger partial charge in [0.15, 0.2) is 11.5 Å². The van der Waals surface area contributed by atoms with Crippen molar-refractivity contribution >= 4 is 5.78 Å². The molecule has 2 aromatic carbocycles. The molecule has 7 heteroatoms. The molecule has 0 bridgehead atoms. The average Bonchev–Trinajstić information content (AvgIpc) is 3.33. The van der Waals surface area contributed by atoms with Gasteiger partial charge in [0.2, 0.25) is 18.2 Å². The first-order valence-corrected chi connectivity index (χ1v) is 9.40. The third-order valence-corrected chi connectivity index (χ3v) is 5.57. The predicted molar refractivity (Wildman–Crippen MR) is 99.7 cm³/mol. The van der Waals surface area contributed by atoms with Gasteiger partial charge in [-0.2, -0.15) is 0 Å². The average molecular weight is 398 g/mol. The van der Waals surface area contributed by atoms with Crippen molar-refractivity contribution in [3.63, 3.8) is 0 Å². The van der Waals surface area contributed by atoms with Crippen molar-refractivity contribution in [1.29, 1.82) is 0 Å². The normalized spacial score (nSPS) is 27.0. The number of carbonyl (C=O) groups excluding carboxylic acids is 1. The summed E-state index contributed by atoms with van der Waals surface area (Å²) in [5.41, 5.74) is -0.108. The molecule has 0 fully saturated rings. The van der Waals surface area contributed by atoms with Gasteiger partial charge < -0.3 is 23.7 Å². The molecule has 0 saturated carbocycles. The first-order valence-electron chi connectivity index (χ1n) is 9.40. The molecule has 0 amide bonds. The minimum atomic E-state index is -1.66. The zero-order chi connectivity index (χ0) is 20.2. The van der Waals surface area contributed by atoms with E-state index < -0.39 is 17.2 Å². The second-order valence-electron chi connectivity index (χ2n) is 7.07. The van der Waals surface area contributed by atoms with Crippen LogP contribution in [0, 0.1) is 5.82 Å². The van der Waals surface area contributed by atoms with Gasteiger partial charge in [0.05, 0.1) is 12.2 Å². The smallest absolute Gasteiger partial charge is 0.278 e. The van der Waals surface area contributed by atoms with Crippen molar-refractivity contribution in [3.8, 4) is 17.2 Å². The minimum Gasteiger partial charge on any atom is -0.454 e. The Labute approximate surface area is 166 Å². The Balaban J connectivity index is 1.80. The summed E-state index contributed by atoms with van der Waals surface area (Å²) in [6, 6.07) is 9.03. The van der Waals surface area contributed by atoms with E-state index in [4.69, 9.17) is 23.7 Å². The molecular formula is C22H19FO6. The first-order chi connectivity index (χ1) is 14.0. The van der Waals surface area contributed by atoms with Crippen molar-refractivity contribution in [2.24, 2.45) is 0 Å². The van der Waals surface area contributed by atoms with Crippen molar-refractivity contribution in [1.82, 2.24) is 0 Å². The second-order valence-corrected chi connectivity index (χ2v) is 7.07. The molecule has 5 rings (SSSR count). The Kier molecular flexibility index (Phi) is 3.94. The summed E-state index contributed by atoms with van der Waals surface area (Å²) in [4.78, 5) is 13.8. The Morgan fingerprint density at radius 3 is 2.69 bits per heavy atom. The highest BCUT2D eigenvalue weighted by Crippen LogP contribution is 2.54. The van der Waals surface area contributed by atoms with E-state index in [9.17, 15) is 9.18 Å². The van der Waals surface area contributed by atoms with Gasteiger partial charge in [-0.15, -0.1) is 0 Å². The van der Waals surface area contributed by atoms with Gasteiger partial charge in [-0.05, 0) is 49.8 Å². The molecule has 150 valence electrons. The van der Waals surface area contributed by atoms with E-state index in [0.717, 1.165) is 0 Å². The van der Waals surface area contributed by atoms with Gasteiger partial charge in [-0.1, -0.05) is 6.08 Å². The van der Waals surface area contributed by atoms with Crippen LogP contribution >= 0.6 is 0 Å². The van der Waals surface area contributed by atoms with Crippen molar-refractivity contribution in [3.05, 3.63) is 65.0 Å². The Morgan fingerprint density at radius 2 is 1.93 bits per heavy atom. The minimum absolute atomic E-state index is 0.106. The molecule has 2 atom stereocenters. The second kappa shape index (κ2) is 6.30. The Morgan fingerprint density at radius 1 is 1.10 bits per heavy atom. The molecule has 0 aliphatic carbocycles. The van der Waals surface area contributed by atoms with Crippen LogP contribution in [0.5, 0.6) is 17.2 Å². The van der Waals surface area contributed by atoms with Crippen LogP contribution in [0.1, 0.15) is 29.8 Å². The Hall–Kier alpha value is -2.90. The van der Waals surface area contributed by atoms with Crippen molar-refractivity contribution in [2.75, 3.05) is 20.0 Å². The predicted octanol–water partition coefficient (Wildman–Crippen LogP) is 3.73. The number of hydrogen-bond acceptors (Lipinski definition) is 6. The molecule has 0 N–H and O–H groups in total. The van der Waals surface area contributed by atoms with Gasteiger partial charge in [-0.3, -0.25) is 4.79 Å². The van der Waals surface area contributed by atoms with Crippen LogP contribution in [0.4, 0.5) is 4.39 Å². The summed E-state index contributed by atoms with van der Waals surface area (Å²) < 4.78 is 43.5. The molecule has 0 saturated heterocycles. The highest BCUT2D eigenvalue weighted by atomic mass is 19.1. The van der Waals surface area contributed by atoms with E-state index in [0.29, 0.717) is 22.6 Å². The van der Waals surface area contributed by atoms with E-state index >= 15 is 0 Å². The maximum Gasteiger partial charge on any atom is 0.278 e. The van der Waals surface area contributed by atoms with Gasteiger partial charge in [0.1, 0.15) is 11.6 Å². The lowest BCUT2D eigenvalue weighted by Gasteiger charge is -2.49. The van der Waals surface area contributed by atoms with Crippen LogP contribution in [-0.4, -0.2) is 31.4 Å². The lowest BCUT2D eigenvalue weighted by atomic mass is 9.74. The van der Waals surface area contributed by atoms with Crippen LogP contribution < -0.4 is 14.2 Å². The number of hydrogen-bond donors (Lipinski definition) is 0. The summed E-state index contributed by atoms with van der Waals surface area (Å²) >= 11 is 0. The lowest BCUT2D eigenvalue weighted by molar-refractivity contribution is -0.271. The van der Waals surface area contributed by atoms with Crippen LogP contribution in [0.25, 0.3) is 0 Å². The number of halogens is 1. The van der Waals surface area contributed by atoms with E-state index in [1.807, 2.05) is 13.0 Å². The van der Waals surface area contributed by atoms with Crippen LogP contribution in [0.15, 0.2) is 48.0 Å². The zero-order valence-corrected chi connectivity index (χ0v) is 16.0. The number of ether oxygens (including phenoxy) is 5. The summed E-state index contributed by atoms with van der Waals surface area (Å²) in [5.74, 6) is -1.30. The quantitative estimate of drug-likeness (QED) is 0.734. The molecular weight excluding hydrogens is 379 g/mol. The lowest BCUT2D eigenvalue weighted by Crippen LogP contribution is -2.65. The maximum atomic E-state index is 14.0. The largest absolute Gasteiger partial charge is 0.454 e. The number of carbonyl (C=O) groups is 1. The molecule has 3 heterocycles. The maximum absolute atomic E-state index is 14.0. The van der Waals surface area contributed by atoms with Gasteiger partial charge in [0, 0.05) is 18.2 Å². The third-order valence-electron chi connectivity index (χ3n) is 5.57. The molecule has 2 aromatic rings. The number of fused-ring (bicyclic) bond motifs is 2. The summed E-state index contributed by atoms with van der Waals surface area (Å²) in [6.45, 7) is 4.17. The van der Waals surface area contributed by atoms with Crippen LogP contribution in [0.2, 0.25) is 0 Å². The van der Waals surface area contributed by atoms with Gasteiger partial charge >= 0.3 is 0 Å². The molecule has 0 aromatic heterocycles. The molecule has 3 aliphatic heterocycles. The number of benzene rings is 2. The highest BCUT2D eigenvalue weighted by molar-refractivity contribution is 6.09. The van der Waals surface area contributed by atoms with Crippen LogP contribution in [-0.2, 0) is 15.3 Å². The van der Waals surface area contributed by atoms with Gasteiger partial charge in [-0.25, -0.2) is 4.39 Å². The van der Waals surface area contributed by atoms with Crippen molar-refractivity contribution < 1.29 is 32.9 Å². The fraction of sp³-hybridized carbons (Fsp3) is 0.318. The third kappa shape index (κ3) is 2.31. The summed E-state index contributed by atoms with van der Waals surface area (Å²) in [5, 5.41) is 0. The first kappa shape index (κ1) is 18.1. The highest BCUT2D eigenvalue weighted by Gasteiger charge is 2.67. The standard InChI is InChI=1S/C22H19FO6/c1-3-27-22(14-4-7-17-19(10-14)26-12-25-17)21(13(2)8-9-28-21)20(24)16-6-5-15(23)11-18(16)29-22/h4-8,10-11H,3,9,12H2,1-2H3. The number of rotatable bonds is 3. The van der Waals surface area contributed by atoms with Crippen molar-refractivity contribution in [2.45, 2.75) is 25.2 Å². The molecule has 29 heavy (non-hydrogen) atoms. The molecule has 3 aliphatic rings. The topological polar surface area (TPSA) is 63.2 Å². The summed E-state index contributed by atoms with van der Waals surface area (Å²) in [6.07, 6.45) is 1.83. The zero-order valence-electron chi connectivity index (χ0n) is 16.0. The monoisotopic (exact) mass is 398 g/mol. The Bertz CT molecular complexity index is 1050. The molecule has 2 unspecified atom stereocenters. The van der Waals surface area contributed by atoms with Crippen LogP contribution in [0.3, 0.4) is 0 Å². The fourth-order valence-electron chi connectivity index (χ4n) is 4.26. The molecule has 1 spiro atoms. The molecule has 6 nitrogen and oxygen atoms in total. The number of ketones is 1. The SMILES string of the molecule is CCOC1(c2ccc3c(c2)OCO3)Oc2cc(F)ccc2C(=O)C12OCC=C2C. The fourth-order valence-corrected chi connectivity index (χ4v) is 4.26. The van der Waals surface area contributed by atoms with E-state index in [-0.39, 0.29) is 37.1 Å². The van der Waals surface area contributed by atoms with E-state index in [1.165, 1.54) is 18.2 Å². The molecule has 0 radical (unpaired) electrons. The van der Waals surface area contributed by atoms with E-state index in [2.05, 4.69) is 0 Å². The van der Waals surface area contributed by atoms with E-state index in [1.54, 1.807) is 25.1 Å². The van der Waals surface area contributed by atoms with Gasteiger partial charge in [0.25, 0.3) is 5.79 Å². The number of Topliss-reactive ketones (excluding diaryl/α,β-unsaturated/α-hetero) is 1.